The van der Waals surface area contributed by atoms with Crippen LogP contribution in [0.1, 0.15) is 47.7 Å². The number of hydrogen-bond donors (Lipinski definition) is 1. The molecule has 0 aliphatic rings. The average Bonchev–Trinajstić information content (AvgIpc) is 2.32. The van der Waals surface area contributed by atoms with Gasteiger partial charge in [0.2, 0.25) is 5.91 Å². The molecule has 0 atom stereocenters. The third kappa shape index (κ3) is 4.32. The summed E-state index contributed by atoms with van der Waals surface area (Å²) in [5, 5.41) is 2.73. The lowest BCUT2D eigenvalue weighted by molar-refractivity contribution is -0.121. The fourth-order valence-corrected chi connectivity index (χ4v) is 1.87. The van der Waals surface area contributed by atoms with Gasteiger partial charge in [0, 0.05) is 24.9 Å². The zero-order chi connectivity index (χ0) is 13.5. The molecule has 0 saturated carbocycles. The van der Waals surface area contributed by atoms with Crippen molar-refractivity contribution < 1.29 is 9.59 Å². The maximum absolute atomic E-state index is 12.0. The minimum Gasteiger partial charge on any atom is -0.356 e. The highest BCUT2D eigenvalue weighted by Crippen LogP contribution is 2.14. The number of carbonyl (C=O) groups excluding carboxylic acids is 2. The van der Waals surface area contributed by atoms with Crippen LogP contribution >= 0.6 is 0 Å². The van der Waals surface area contributed by atoms with Gasteiger partial charge in [-0.05, 0) is 38.8 Å². The van der Waals surface area contributed by atoms with E-state index in [0.717, 1.165) is 16.7 Å². The highest BCUT2D eigenvalue weighted by atomic mass is 16.1. The van der Waals surface area contributed by atoms with Crippen molar-refractivity contribution in [3.63, 3.8) is 0 Å². The molecule has 0 aliphatic heterocycles. The van der Waals surface area contributed by atoms with Gasteiger partial charge in [0.15, 0.2) is 5.78 Å². The first-order chi connectivity index (χ1) is 8.54. The van der Waals surface area contributed by atoms with E-state index in [1.54, 1.807) is 0 Å². The number of amides is 1. The van der Waals surface area contributed by atoms with Gasteiger partial charge in [-0.1, -0.05) is 17.7 Å². The molecule has 0 spiro atoms. The summed E-state index contributed by atoms with van der Waals surface area (Å²) in [5.41, 5.74) is 2.88. The number of carbonyl (C=O) groups is 2. The molecule has 1 rings (SSSR count). The molecule has 1 aromatic carbocycles. The van der Waals surface area contributed by atoms with Gasteiger partial charge in [-0.15, -0.1) is 0 Å². The Bertz CT molecular complexity index is 438. The van der Waals surface area contributed by atoms with E-state index in [1.807, 2.05) is 39.0 Å². The Hall–Kier alpha value is -1.64. The molecule has 1 aromatic rings. The summed E-state index contributed by atoms with van der Waals surface area (Å²) >= 11 is 0. The lowest BCUT2D eigenvalue weighted by Gasteiger charge is -2.06. The number of Topliss-reactive ketones (excluding diaryl/α,β-unsaturated/α-hetero) is 1. The molecule has 1 N–H and O–H groups in total. The molecule has 0 fully saturated rings. The third-order valence-electron chi connectivity index (χ3n) is 2.88. The first-order valence-electron chi connectivity index (χ1n) is 6.41. The van der Waals surface area contributed by atoms with Crippen LogP contribution in [-0.2, 0) is 4.79 Å². The second kappa shape index (κ2) is 6.94. The van der Waals surface area contributed by atoms with Gasteiger partial charge in [-0.25, -0.2) is 0 Å². The van der Waals surface area contributed by atoms with E-state index in [1.165, 1.54) is 0 Å². The topological polar surface area (TPSA) is 46.2 Å². The van der Waals surface area contributed by atoms with Crippen LogP contribution in [0.2, 0.25) is 0 Å². The number of rotatable bonds is 6. The molecular weight excluding hydrogens is 226 g/mol. The van der Waals surface area contributed by atoms with Crippen LogP contribution < -0.4 is 5.32 Å². The lowest BCUT2D eigenvalue weighted by Crippen LogP contribution is -2.22. The van der Waals surface area contributed by atoms with Crippen LogP contribution in [-0.4, -0.2) is 18.2 Å². The lowest BCUT2D eigenvalue weighted by atomic mass is 9.99. The molecule has 0 heterocycles. The number of aryl methyl sites for hydroxylation is 2. The monoisotopic (exact) mass is 247 g/mol. The molecule has 1 amide bonds. The van der Waals surface area contributed by atoms with Gasteiger partial charge in [0.1, 0.15) is 0 Å². The molecule has 3 heteroatoms. The van der Waals surface area contributed by atoms with Crippen molar-refractivity contribution in [3.05, 3.63) is 34.9 Å². The summed E-state index contributed by atoms with van der Waals surface area (Å²) < 4.78 is 0. The minimum atomic E-state index is 0.0197. The quantitative estimate of drug-likeness (QED) is 0.786. The molecule has 0 saturated heterocycles. The fraction of sp³-hybridized carbons (Fsp3) is 0.467. The Balaban J connectivity index is 2.50. The minimum absolute atomic E-state index is 0.0197. The summed E-state index contributed by atoms with van der Waals surface area (Å²) in [6.07, 6.45) is 1.46. The van der Waals surface area contributed by atoms with E-state index >= 15 is 0 Å². The van der Waals surface area contributed by atoms with Crippen molar-refractivity contribution in [3.8, 4) is 0 Å². The van der Waals surface area contributed by atoms with Crippen LogP contribution in [0, 0.1) is 13.8 Å². The molecule has 3 nitrogen and oxygen atoms in total. The normalized spacial score (nSPS) is 10.2. The van der Waals surface area contributed by atoms with Crippen molar-refractivity contribution in [1.82, 2.24) is 5.32 Å². The third-order valence-corrected chi connectivity index (χ3v) is 2.88. The molecule has 18 heavy (non-hydrogen) atoms. The van der Waals surface area contributed by atoms with E-state index in [2.05, 4.69) is 5.32 Å². The standard InChI is InChI=1S/C15H21NO2/c1-4-16-15(18)7-5-6-14(17)13-10-11(2)8-9-12(13)3/h8-10H,4-7H2,1-3H3,(H,16,18). The second-order valence-corrected chi connectivity index (χ2v) is 4.55. The first kappa shape index (κ1) is 14.4. The van der Waals surface area contributed by atoms with Crippen LogP contribution in [0.3, 0.4) is 0 Å². The molecule has 0 unspecified atom stereocenters. The molecular formula is C15H21NO2. The van der Waals surface area contributed by atoms with Gasteiger partial charge in [-0.3, -0.25) is 9.59 Å². The van der Waals surface area contributed by atoms with Gasteiger partial charge in [-0.2, -0.15) is 0 Å². The first-order valence-corrected chi connectivity index (χ1v) is 6.41. The van der Waals surface area contributed by atoms with Gasteiger partial charge in [0.05, 0.1) is 0 Å². The maximum atomic E-state index is 12.0. The van der Waals surface area contributed by atoms with Crippen LogP contribution in [0.15, 0.2) is 18.2 Å². The molecule has 0 bridgehead atoms. The number of hydrogen-bond acceptors (Lipinski definition) is 2. The summed E-state index contributed by atoms with van der Waals surface area (Å²) in [6, 6.07) is 5.89. The SMILES string of the molecule is CCNC(=O)CCCC(=O)c1cc(C)ccc1C. The van der Waals surface area contributed by atoms with Crippen molar-refractivity contribution in [2.75, 3.05) is 6.54 Å². The Kier molecular flexibility index (Phi) is 5.56. The Labute approximate surface area is 109 Å². The van der Waals surface area contributed by atoms with E-state index in [9.17, 15) is 9.59 Å². The van der Waals surface area contributed by atoms with Gasteiger partial charge in [0.25, 0.3) is 0 Å². The van der Waals surface area contributed by atoms with Crippen LogP contribution in [0.4, 0.5) is 0 Å². The van der Waals surface area contributed by atoms with E-state index in [-0.39, 0.29) is 11.7 Å². The maximum Gasteiger partial charge on any atom is 0.219 e. The Morgan fingerprint density at radius 2 is 1.89 bits per heavy atom. The van der Waals surface area contributed by atoms with E-state index in [0.29, 0.717) is 25.8 Å². The van der Waals surface area contributed by atoms with Gasteiger partial charge < -0.3 is 5.32 Å². The summed E-state index contributed by atoms with van der Waals surface area (Å²) in [4.78, 5) is 23.3. The van der Waals surface area contributed by atoms with Crippen molar-refractivity contribution in [2.45, 2.75) is 40.0 Å². The largest absolute Gasteiger partial charge is 0.356 e. The molecule has 0 radical (unpaired) electrons. The number of benzene rings is 1. The summed E-state index contributed by atoms with van der Waals surface area (Å²) in [7, 11) is 0. The molecule has 0 aromatic heterocycles. The predicted octanol–water partition coefficient (Wildman–Crippen LogP) is 2.79. The highest BCUT2D eigenvalue weighted by molar-refractivity contribution is 5.97. The highest BCUT2D eigenvalue weighted by Gasteiger charge is 2.10. The van der Waals surface area contributed by atoms with Crippen molar-refractivity contribution in [2.24, 2.45) is 0 Å². The Morgan fingerprint density at radius 3 is 2.56 bits per heavy atom. The van der Waals surface area contributed by atoms with Crippen molar-refractivity contribution >= 4 is 11.7 Å². The Morgan fingerprint density at radius 1 is 1.17 bits per heavy atom. The zero-order valence-electron chi connectivity index (χ0n) is 11.4. The van der Waals surface area contributed by atoms with Crippen molar-refractivity contribution in [1.29, 1.82) is 0 Å². The van der Waals surface area contributed by atoms with Crippen LogP contribution in [0.25, 0.3) is 0 Å². The fourth-order valence-electron chi connectivity index (χ4n) is 1.87. The summed E-state index contributed by atoms with van der Waals surface area (Å²) in [6.45, 7) is 6.45. The average molecular weight is 247 g/mol. The second-order valence-electron chi connectivity index (χ2n) is 4.55. The number of ketones is 1. The predicted molar refractivity (Wildman–Crippen MR) is 72.8 cm³/mol. The molecule has 0 aliphatic carbocycles. The van der Waals surface area contributed by atoms with Gasteiger partial charge >= 0.3 is 0 Å². The summed E-state index contributed by atoms with van der Waals surface area (Å²) in [5.74, 6) is 0.145. The van der Waals surface area contributed by atoms with E-state index in [4.69, 9.17) is 0 Å². The smallest absolute Gasteiger partial charge is 0.219 e. The van der Waals surface area contributed by atoms with E-state index < -0.39 is 0 Å². The number of nitrogens with one attached hydrogen (secondary N) is 1. The van der Waals surface area contributed by atoms with Crippen LogP contribution in [0.5, 0.6) is 0 Å². The molecule has 98 valence electrons. The zero-order valence-corrected chi connectivity index (χ0v) is 11.4.